The predicted molar refractivity (Wildman–Crippen MR) is 73.5 cm³/mol. The van der Waals surface area contributed by atoms with Crippen LogP contribution in [0.2, 0.25) is 0 Å². The smallest absolute Gasteiger partial charge is 0.252 e. The van der Waals surface area contributed by atoms with E-state index in [-0.39, 0.29) is 18.4 Å². The van der Waals surface area contributed by atoms with Crippen LogP contribution in [-0.4, -0.2) is 23.9 Å². The number of benzene rings is 1. The van der Waals surface area contributed by atoms with Crippen molar-refractivity contribution in [1.29, 1.82) is 0 Å². The zero-order valence-electron chi connectivity index (χ0n) is 10.6. The number of hydrogen-bond donors (Lipinski definition) is 1. The Bertz CT molecular complexity index is 526. The Balaban J connectivity index is 2.46. The minimum atomic E-state index is -0.863. The van der Waals surface area contributed by atoms with Crippen molar-refractivity contribution in [3.63, 3.8) is 0 Å². The number of nitrogens with zero attached hydrogens (tertiary/aromatic N) is 1. The fraction of sp³-hybridized carbons (Fsp3) is 0.385. The molecule has 2 rings (SSSR count). The summed E-state index contributed by atoms with van der Waals surface area (Å²) in [6.45, 7) is 5.44. The summed E-state index contributed by atoms with van der Waals surface area (Å²) in [5.41, 5.74) is 0.922. The van der Waals surface area contributed by atoms with Crippen LogP contribution in [-0.2, 0) is 9.59 Å². The van der Waals surface area contributed by atoms with Gasteiger partial charge in [0.1, 0.15) is 12.1 Å². The Labute approximate surface area is 114 Å². The van der Waals surface area contributed by atoms with E-state index in [1.54, 1.807) is 13.8 Å². The van der Waals surface area contributed by atoms with Gasteiger partial charge in [-0.2, -0.15) is 0 Å². The van der Waals surface area contributed by atoms with E-state index in [1.807, 2.05) is 25.1 Å². The Morgan fingerprint density at radius 1 is 1.33 bits per heavy atom. The highest BCUT2D eigenvalue weighted by Gasteiger charge is 2.40. The second-order valence-corrected chi connectivity index (χ2v) is 5.87. The zero-order chi connectivity index (χ0) is 13.5. The van der Waals surface area contributed by atoms with Gasteiger partial charge >= 0.3 is 0 Å². The first-order chi connectivity index (χ1) is 8.31. The molecule has 0 atom stereocenters. The van der Waals surface area contributed by atoms with Crippen LogP contribution in [0.4, 0.5) is 5.69 Å². The molecule has 0 radical (unpaired) electrons. The Hall–Kier alpha value is -1.36. The van der Waals surface area contributed by atoms with Crippen molar-refractivity contribution in [1.82, 2.24) is 5.32 Å². The quantitative estimate of drug-likeness (QED) is 0.862. The minimum absolute atomic E-state index is 0.0598. The lowest BCUT2D eigenvalue weighted by Gasteiger charge is -2.37. The van der Waals surface area contributed by atoms with E-state index in [9.17, 15) is 9.59 Å². The number of rotatable bonds is 1. The van der Waals surface area contributed by atoms with Gasteiger partial charge < -0.3 is 5.32 Å². The first-order valence-electron chi connectivity index (χ1n) is 5.70. The van der Waals surface area contributed by atoms with Crippen LogP contribution in [0.25, 0.3) is 0 Å². The molecule has 0 unspecified atom stereocenters. The van der Waals surface area contributed by atoms with E-state index in [4.69, 9.17) is 0 Å². The Morgan fingerprint density at radius 3 is 2.67 bits per heavy atom. The van der Waals surface area contributed by atoms with Gasteiger partial charge in [0, 0.05) is 4.47 Å². The van der Waals surface area contributed by atoms with Crippen LogP contribution in [0.15, 0.2) is 22.7 Å². The van der Waals surface area contributed by atoms with Crippen molar-refractivity contribution in [2.75, 3.05) is 11.4 Å². The molecule has 1 fully saturated rings. The maximum Gasteiger partial charge on any atom is 0.252 e. The number of halogens is 1. The Morgan fingerprint density at radius 2 is 2.00 bits per heavy atom. The van der Waals surface area contributed by atoms with Gasteiger partial charge in [0.15, 0.2) is 0 Å². The van der Waals surface area contributed by atoms with Gasteiger partial charge in [-0.25, -0.2) is 0 Å². The largest absolute Gasteiger partial charge is 0.341 e. The van der Waals surface area contributed by atoms with E-state index in [0.717, 1.165) is 15.7 Å². The molecular weight excluding hydrogens is 296 g/mol. The standard InChI is InChI=1S/C13H15BrN2O2/c1-8-4-5-9(14)10(6-8)16-7-11(17)15-13(2,3)12(16)18/h4-6H,7H2,1-3H3,(H,15,17). The van der Waals surface area contributed by atoms with Crippen molar-refractivity contribution in [3.05, 3.63) is 28.2 Å². The fourth-order valence-corrected chi connectivity index (χ4v) is 2.48. The van der Waals surface area contributed by atoms with Gasteiger partial charge in [0.05, 0.1) is 5.69 Å². The summed E-state index contributed by atoms with van der Waals surface area (Å²) in [6, 6.07) is 5.74. The number of nitrogens with one attached hydrogen (secondary N) is 1. The summed E-state index contributed by atoms with van der Waals surface area (Å²) in [7, 11) is 0. The third kappa shape index (κ3) is 2.27. The average Bonchev–Trinajstić information content (AvgIpc) is 2.26. The minimum Gasteiger partial charge on any atom is -0.341 e. The molecule has 1 N–H and O–H groups in total. The van der Waals surface area contributed by atoms with Gasteiger partial charge in [-0.3, -0.25) is 14.5 Å². The maximum atomic E-state index is 12.3. The second-order valence-electron chi connectivity index (χ2n) is 5.02. The van der Waals surface area contributed by atoms with Crippen molar-refractivity contribution in [2.24, 2.45) is 0 Å². The topological polar surface area (TPSA) is 49.4 Å². The number of piperazine rings is 1. The first-order valence-corrected chi connectivity index (χ1v) is 6.50. The molecule has 18 heavy (non-hydrogen) atoms. The molecule has 1 heterocycles. The molecule has 0 bridgehead atoms. The first kappa shape index (κ1) is 13.1. The highest BCUT2D eigenvalue weighted by molar-refractivity contribution is 9.10. The summed E-state index contributed by atoms with van der Waals surface area (Å²) in [6.07, 6.45) is 0. The predicted octanol–water partition coefficient (Wildman–Crippen LogP) is 2.00. The number of carbonyl (C=O) groups is 2. The molecular formula is C13H15BrN2O2. The van der Waals surface area contributed by atoms with Gasteiger partial charge in [0.25, 0.3) is 5.91 Å². The van der Waals surface area contributed by atoms with Crippen LogP contribution in [0, 0.1) is 6.92 Å². The van der Waals surface area contributed by atoms with Gasteiger partial charge in [-0.05, 0) is 54.4 Å². The SMILES string of the molecule is Cc1ccc(Br)c(N2CC(=O)NC(C)(C)C2=O)c1. The van der Waals surface area contributed by atoms with Crippen LogP contribution in [0.1, 0.15) is 19.4 Å². The van der Waals surface area contributed by atoms with Gasteiger partial charge in [-0.1, -0.05) is 6.07 Å². The summed E-state index contributed by atoms with van der Waals surface area (Å²) in [4.78, 5) is 25.6. The maximum absolute atomic E-state index is 12.3. The van der Waals surface area contributed by atoms with Crippen molar-refractivity contribution in [2.45, 2.75) is 26.3 Å². The zero-order valence-corrected chi connectivity index (χ0v) is 12.2. The normalized spacial score (nSPS) is 18.8. The molecule has 1 saturated heterocycles. The molecule has 5 heteroatoms. The lowest BCUT2D eigenvalue weighted by molar-refractivity contribution is -0.134. The molecule has 1 aromatic carbocycles. The molecule has 1 aliphatic heterocycles. The number of amides is 2. The van der Waals surface area contributed by atoms with Crippen LogP contribution >= 0.6 is 15.9 Å². The third-order valence-electron chi connectivity index (χ3n) is 2.93. The lowest BCUT2D eigenvalue weighted by atomic mass is 9.99. The monoisotopic (exact) mass is 310 g/mol. The summed E-state index contributed by atoms with van der Waals surface area (Å²) in [5, 5.41) is 2.69. The fourth-order valence-electron chi connectivity index (χ4n) is 2.02. The van der Waals surface area contributed by atoms with E-state index in [1.165, 1.54) is 4.90 Å². The van der Waals surface area contributed by atoms with Crippen molar-refractivity contribution < 1.29 is 9.59 Å². The summed E-state index contributed by atoms with van der Waals surface area (Å²) < 4.78 is 0.812. The number of hydrogen-bond acceptors (Lipinski definition) is 2. The molecule has 2 amide bonds. The molecule has 0 aromatic heterocycles. The summed E-state index contributed by atoms with van der Waals surface area (Å²) >= 11 is 3.43. The number of anilines is 1. The lowest BCUT2D eigenvalue weighted by Crippen LogP contribution is -2.64. The third-order valence-corrected chi connectivity index (χ3v) is 3.60. The van der Waals surface area contributed by atoms with E-state index >= 15 is 0 Å². The van der Waals surface area contributed by atoms with Gasteiger partial charge in [-0.15, -0.1) is 0 Å². The number of carbonyl (C=O) groups excluding carboxylic acids is 2. The second kappa shape index (κ2) is 4.39. The molecule has 0 saturated carbocycles. The summed E-state index contributed by atoms with van der Waals surface area (Å²) in [5.74, 6) is -0.249. The van der Waals surface area contributed by atoms with Crippen LogP contribution < -0.4 is 10.2 Å². The average molecular weight is 311 g/mol. The van der Waals surface area contributed by atoms with E-state index < -0.39 is 5.54 Å². The highest BCUT2D eigenvalue weighted by atomic mass is 79.9. The van der Waals surface area contributed by atoms with Crippen LogP contribution in [0.3, 0.4) is 0 Å². The molecule has 0 aliphatic carbocycles. The van der Waals surface area contributed by atoms with E-state index in [2.05, 4.69) is 21.2 Å². The highest BCUT2D eigenvalue weighted by Crippen LogP contribution is 2.30. The van der Waals surface area contributed by atoms with E-state index in [0.29, 0.717) is 0 Å². The molecule has 96 valence electrons. The molecule has 1 aliphatic rings. The van der Waals surface area contributed by atoms with Crippen molar-refractivity contribution in [3.8, 4) is 0 Å². The van der Waals surface area contributed by atoms with Crippen LogP contribution in [0.5, 0.6) is 0 Å². The van der Waals surface area contributed by atoms with Gasteiger partial charge in [0.2, 0.25) is 5.91 Å². The molecule has 0 spiro atoms. The number of aryl methyl sites for hydroxylation is 1. The Kier molecular flexibility index (Phi) is 3.19. The molecule has 1 aromatic rings. The molecule has 4 nitrogen and oxygen atoms in total. The van der Waals surface area contributed by atoms with Crippen molar-refractivity contribution >= 4 is 33.4 Å².